The van der Waals surface area contributed by atoms with Crippen LogP contribution in [0.2, 0.25) is 0 Å². The van der Waals surface area contributed by atoms with Crippen LogP contribution in [0.1, 0.15) is 22.9 Å². The molecule has 0 aliphatic carbocycles. The maximum Gasteiger partial charge on any atom is 0.127 e. The molecule has 0 saturated carbocycles. The van der Waals surface area contributed by atoms with Gasteiger partial charge in [-0.05, 0) is 42.5 Å². The Morgan fingerprint density at radius 1 is 0.842 bits per heavy atom. The van der Waals surface area contributed by atoms with Gasteiger partial charge in [0.05, 0.1) is 5.92 Å². The summed E-state index contributed by atoms with van der Waals surface area (Å²) >= 11 is 0. The fourth-order valence-electron chi connectivity index (χ4n) is 2.29. The average molecular weight is 258 g/mol. The summed E-state index contributed by atoms with van der Waals surface area (Å²) in [5.74, 6) is -1.24. The molecule has 3 aromatic rings. The van der Waals surface area contributed by atoms with E-state index in [1.54, 1.807) is 12.4 Å². The van der Waals surface area contributed by atoms with Crippen LogP contribution in [0, 0.1) is 11.6 Å². The first-order valence-electron chi connectivity index (χ1n) is 5.97. The van der Waals surface area contributed by atoms with E-state index in [4.69, 9.17) is 0 Å². The molecule has 0 saturated heterocycles. The number of aromatic amines is 2. The minimum absolute atomic E-state index is 0.310. The van der Waals surface area contributed by atoms with Crippen LogP contribution in [0.3, 0.4) is 0 Å². The van der Waals surface area contributed by atoms with Crippen LogP contribution < -0.4 is 0 Å². The third-order valence-electron chi connectivity index (χ3n) is 3.14. The Morgan fingerprint density at radius 3 is 2.00 bits per heavy atom. The summed E-state index contributed by atoms with van der Waals surface area (Å²) in [5.41, 5.74) is 1.93. The number of hydrogen-bond acceptors (Lipinski definition) is 0. The highest BCUT2D eigenvalue weighted by atomic mass is 19.1. The Labute approximate surface area is 109 Å². The second-order valence-electron chi connectivity index (χ2n) is 4.35. The predicted molar refractivity (Wildman–Crippen MR) is 68.9 cm³/mol. The topological polar surface area (TPSA) is 31.6 Å². The van der Waals surface area contributed by atoms with Crippen molar-refractivity contribution < 1.29 is 8.78 Å². The van der Waals surface area contributed by atoms with Crippen LogP contribution >= 0.6 is 0 Å². The summed E-state index contributed by atoms with van der Waals surface area (Å²) in [4.78, 5) is 6.12. The van der Waals surface area contributed by atoms with Gasteiger partial charge in [0.2, 0.25) is 0 Å². The minimum atomic E-state index is -0.445. The second-order valence-corrected chi connectivity index (χ2v) is 4.35. The molecule has 96 valence electrons. The third-order valence-corrected chi connectivity index (χ3v) is 3.14. The van der Waals surface area contributed by atoms with Crippen molar-refractivity contribution >= 4 is 0 Å². The molecule has 19 heavy (non-hydrogen) atoms. The molecule has 0 fully saturated rings. The van der Waals surface area contributed by atoms with Gasteiger partial charge in [0.1, 0.15) is 11.6 Å². The van der Waals surface area contributed by atoms with Gasteiger partial charge in [-0.3, -0.25) is 0 Å². The van der Waals surface area contributed by atoms with Crippen LogP contribution in [0.25, 0.3) is 0 Å². The largest absolute Gasteiger partial charge is 0.364 e. The van der Waals surface area contributed by atoms with E-state index < -0.39 is 11.6 Å². The molecule has 0 aliphatic heterocycles. The summed E-state index contributed by atoms with van der Waals surface area (Å²) in [5, 5.41) is 0. The van der Waals surface area contributed by atoms with Crippen molar-refractivity contribution in [3.63, 3.8) is 0 Å². The zero-order chi connectivity index (χ0) is 13.2. The van der Waals surface area contributed by atoms with E-state index in [9.17, 15) is 8.78 Å². The van der Waals surface area contributed by atoms with Crippen LogP contribution in [0.4, 0.5) is 8.78 Å². The Bertz CT molecular complexity index is 623. The zero-order valence-corrected chi connectivity index (χ0v) is 10.0. The zero-order valence-electron chi connectivity index (χ0n) is 10.0. The van der Waals surface area contributed by atoms with Gasteiger partial charge in [-0.15, -0.1) is 0 Å². The van der Waals surface area contributed by atoms with E-state index in [0.717, 1.165) is 23.5 Å². The quantitative estimate of drug-likeness (QED) is 0.716. The van der Waals surface area contributed by atoms with E-state index in [1.807, 2.05) is 24.3 Å². The molecule has 2 N–H and O–H groups in total. The van der Waals surface area contributed by atoms with Gasteiger partial charge in [0, 0.05) is 29.3 Å². The van der Waals surface area contributed by atoms with Crippen LogP contribution in [-0.2, 0) is 0 Å². The second kappa shape index (κ2) is 4.72. The van der Waals surface area contributed by atoms with Gasteiger partial charge in [0.15, 0.2) is 0 Å². The van der Waals surface area contributed by atoms with Gasteiger partial charge < -0.3 is 9.97 Å². The van der Waals surface area contributed by atoms with Crippen molar-refractivity contribution in [1.29, 1.82) is 0 Å². The van der Waals surface area contributed by atoms with Crippen LogP contribution in [-0.4, -0.2) is 9.97 Å². The van der Waals surface area contributed by atoms with Crippen molar-refractivity contribution in [2.75, 3.05) is 0 Å². The number of benzene rings is 1. The molecule has 0 radical (unpaired) electrons. The molecule has 4 heteroatoms. The lowest BCUT2D eigenvalue weighted by Crippen LogP contribution is -2.07. The molecular formula is C15H12F2N2. The first-order valence-corrected chi connectivity index (χ1v) is 5.97. The fourth-order valence-corrected chi connectivity index (χ4v) is 2.29. The summed E-state index contributed by atoms with van der Waals surface area (Å²) in [6.07, 6.45) is 3.53. The monoisotopic (exact) mass is 258 g/mol. The Balaban J connectivity index is 2.17. The summed E-state index contributed by atoms with van der Waals surface area (Å²) < 4.78 is 27.4. The van der Waals surface area contributed by atoms with Gasteiger partial charge in [-0.1, -0.05) is 0 Å². The van der Waals surface area contributed by atoms with Crippen molar-refractivity contribution in [2.24, 2.45) is 0 Å². The number of H-pyrrole nitrogens is 2. The molecule has 2 heterocycles. The highest BCUT2D eigenvalue weighted by Gasteiger charge is 2.22. The molecular weight excluding hydrogens is 246 g/mol. The molecule has 3 rings (SSSR count). The fraction of sp³-hybridized carbons (Fsp3) is 0.0667. The highest BCUT2D eigenvalue weighted by Crippen LogP contribution is 2.31. The number of aromatic nitrogens is 2. The van der Waals surface area contributed by atoms with Crippen molar-refractivity contribution in [3.8, 4) is 0 Å². The molecule has 0 aliphatic rings. The molecule has 0 atom stereocenters. The van der Waals surface area contributed by atoms with Crippen LogP contribution in [0.15, 0.2) is 54.9 Å². The molecule has 0 spiro atoms. The van der Waals surface area contributed by atoms with Gasteiger partial charge in [-0.2, -0.15) is 0 Å². The molecule has 2 nitrogen and oxygen atoms in total. The maximum atomic E-state index is 14.0. The van der Waals surface area contributed by atoms with Gasteiger partial charge in [0.25, 0.3) is 0 Å². The smallest absolute Gasteiger partial charge is 0.127 e. The van der Waals surface area contributed by atoms with Gasteiger partial charge in [-0.25, -0.2) is 8.78 Å². The number of rotatable bonds is 3. The molecule has 0 amide bonds. The minimum Gasteiger partial charge on any atom is -0.364 e. The first-order chi connectivity index (χ1) is 9.25. The van der Waals surface area contributed by atoms with E-state index in [2.05, 4.69) is 9.97 Å². The number of halogens is 2. The lowest BCUT2D eigenvalue weighted by atomic mass is 9.92. The predicted octanol–water partition coefficient (Wildman–Crippen LogP) is 3.80. The van der Waals surface area contributed by atoms with Gasteiger partial charge >= 0.3 is 0 Å². The third kappa shape index (κ3) is 2.17. The first kappa shape index (κ1) is 11.7. The molecule has 0 unspecified atom stereocenters. The lowest BCUT2D eigenvalue weighted by molar-refractivity contribution is 0.580. The van der Waals surface area contributed by atoms with E-state index in [0.29, 0.717) is 5.56 Å². The van der Waals surface area contributed by atoms with Crippen molar-refractivity contribution in [1.82, 2.24) is 9.97 Å². The average Bonchev–Trinajstić information content (AvgIpc) is 3.07. The Morgan fingerprint density at radius 2 is 1.47 bits per heavy atom. The van der Waals surface area contributed by atoms with E-state index >= 15 is 0 Å². The summed E-state index contributed by atoms with van der Waals surface area (Å²) in [6.45, 7) is 0. The van der Waals surface area contributed by atoms with E-state index in [1.165, 1.54) is 6.07 Å². The number of nitrogens with one attached hydrogen (secondary N) is 2. The molecule has 2 aromatic heterocycles. The normalized spacial score (nSPS) is 11.1. The molecule has 0 bridgehead atoms. The number of hydrogen-bond donors (Lipinski definition) is 2. The van der Waals surface area contributed by atoms with Crippen molar-refractivity contribution in [3.05, 3.63) is 83.4 Å². The summed E-state index contributed by atoms with van der Waals surface area (Å²) in [7, 11) is 0. The Hall–Kier alpha value is -2.36. The SMILES string of the molecule is Fc1ccc(F)c(C(c2ccc[nH]2)c2ccc[nH]2)c1. The van der Waals surface area contributed by atoms with Crippen molar-refractivity contribution in [2.45, 2.75) is 5.92 Å². The highest BCUT2D eigenvalue weighted by molar-refractivity contribution is 5.38. The summed E-state index contributed by atoms with van der Waals surface area (Å²) in [6, 6.07) is 10.9. The Kier molecular flexibility index (Phi) is 2.91. The van der Waals surface area contributed by atoms with Crippen LogP contribution in [0.5, 0.6) is 0 Å². The molecule has 1 aromatic carbocycles. The maximum absolute atomic E-state index is 14.0. The standard InChI is InChI=1S/C15H12F2N2/c16-10-5-6-12(17)11(9-10)15(13-3-1-7-18-13)14-4-2-8-19-14/h1-9,15,18-19H. The lowest BCUT2D eigenvalue weighted by Gasteiger charge is -2.16. The van der Waals surface area contributed by atoms with E-state index in [-0.39, 0.29) is 5.92 Å².